The molecule has 0 radical (unpaired) electrons. The van der Waals surface area contributed by atoms with Gasteiger partial charge in [-0.2, -0.15) is 0 Å². The lowest BCUT2D eigenvalue weighted by Gasteiger charge is -2.25. The fraction of sp³-hybridized carbons (Fsp3) is 0.318. The van der Waals surface area contributed by atoms with Gasteiger partial charge < -0.3 is 61.3 Å². The highest BCUT2D eigenvalue weighted by molar-refractivity contribution is 6.00. The third-order valence-corrected chi connectivity index (χ3v) is 11.0. The van der Waals surface area contributed by atoms with Crippen molar-refractivity contribution in [2.75, 3.05) is 14.2 Å². The van der Waals surface area contributed by atoms with Gasteiger partial charge in [-0.05, 0) is 84.6 Å². The molecule has 1 fully saturated rings. The Morgan fingerprint density at radius 1 is 0.831 bits per heavy atom. The number of carbonyl (C=O) groups excluding carboxylic acids is 3. The van der Waals surface area contributed by atoms with Crippen LogP contribution in [0.3, 0.4) is 0 Å². The SMILES string of the molecule is COC(=O)[C@@H]([NH3+])Cc1cn(C)c2ccc(O)cc12.COC(=O)[C@H](Cc1cn(C)c2ccc(O)cc12)NC(=O)c1ccc2c(c1)nc(-c1ccoc1)n2C1CCCCC1.[Cl-]. The number of amides is 1. The number of quaternary nitrogens is 1. The smallest absolute Gasteiger partial charge is 0.364 e. The summed E-state index contributed by atoms with van der Waals surface area (Å²) in [5.74, 6) is -0.0807. The zero-order valence-electron chi connectivity index (χ0n) is 33.5. The first-order valence-electron chi connectivity index (χ1n) is 19.3. The zero-order chi connectivity index (χ0) is 41.1. The number of nitrogens with one attached hydrogen (secondary N) is 1. The van der Waals surface area contributed by atoms with Crippen molar-refractivity contribution in [2.24, 2.45) is 14.1 Å². The standard InChI is InChI=1S/C31H32N4O5.C13H16N2O3.ClH/c1-34-17-21(24-16-23(36)9-11-27(24)34)15-26(31(38)39-2)33-30(37)19-8-10-28-25(14-19)32-29(20-12-13-40-18-20)35(28)22-6-4-3-5-7-22;1-15-7-8(5-11(14)13(17)18-2)10-6-9(16)3-4-12(10)15;/h8-14,16-18,22,26,36H,3-7,15H2,1-2H3,(H,33,37);3-4,6-7,11,16H,5,14H2,1-2H3;1H/t26-;11-;/m00./s1. The van der Waals surface area contributed by atoms with E-state index in [9.17, 15) is 24.6 Å². The van der Waals surface area contributed by atoms with E-state index in [1.807, 2.05) is 59.9 Å². The highest BCUT2D eigenvalue weighted by atomic mass is 35.5. The number of ether oxygens (including phenoxy) is 2. The van der Waals surface area contributed by atoms with Crippen molar-refractivity contribution in [3.05, 3.63) is 102 Å². The highest BCUT2D eigenvalue weighted by Crippen LogP contribution is 2.36. The maximum absolute atomic E-state index is 13.4. The van der Waals surface area contributed by atoms with E-state index in [-0.39, 0.29) is 36.3 Å². The molecule has 8 rings (SSSR count). The molecule has 6 N–H and O–H groups in total. The summed E-state index contributed by atoms with van der Waals surface area (Å²) in [7, 11) is 6.49. The molecule has 0 saturated heterocycles. The Morgan fingerprint density at radius 3 is 2.00 bits per heavy atom. The van der Waals surface area contributed by atoms with E-state index in [4.69, 9.17) is 14.1 Å². The number of phenols is 2. The second-order valence-electron chi connectivity index (χ2n) is 14.9. The fourth-order valence-electron chi connectivity index (χ4n) is 8.11. The van der Waals surface area contributed by atoms with Gasteiger partial charge in [-0.1, -0.05) is 19.3 Å². The van der Waals surface area contributed by atoms with E-state index >= 15 is 0 Å². The lowest BCUT2D eigenvalue weighted by Crippen LogP contribution is -3.00. The minimum Gasteiger partial charge on any atom is -1.00 e. The molecular weight excluding hydrogens is 776 g/mol. The molecule has 0 unspecified atom stereocenters. The first-order valence-corrected chi connectivity index (χ1v) is 19.3. The van der Waals surface area contributed by atoms with E-state index < -0.39 is 24.0 Å². The van der Waals surface area contributed by atoms with Crippen molar-refractivity contribution in [1.82, 2.24) is 24.0 Å². The van der Waals surface area contributed by atoms with Crippen molar-refractivity contribution >= 4 is 50.7 Å². The van der Waals surface area contributed by atoms with Gasteiger partial charge in [0.15, 0.2) is 6.04 Å². The predicted octanol–water partition coefficient (Wildman–Crippen LogP) is 2.73. The molecule has 0 spiro atoms. The van der Waals surface area contributed by atoms with E-state index in [1.165, 1.54) is 33.5 Å². The van der Waals surface area contributed by atoms with Crippen LogP contribution in [0.4, 0.5) is 0 Å². The average molecular weight is 825 g/mol. The van der Waals surface area contributed by atoms with Crippen LogP contribution in [0.25, 0.3) is 44.2 Å². The van der Waals surface area contributed by atoms with Crippen LogP contribution in [-0.4, -0.2) is 73.0 Å². The Morgan fingerprint density at radius 2 is 1.42 bits per heavy atom. The molecule has 59 heavy (non-hydrogen) atoms. The van der Waals surface area contributed by atoms with Crippen LogP contribution in [-0.2, 0) is 46.0 Å². The predicted molar refractivity (Wildman–Crippen MR) is 218 cm³/mol. The van der Waals surface area contributed by atoms with Gasteiger partial charge in [-0.3, -0.25) is 4.79 Å². The number of hydrogen-bond acceptors (Lipinski definition) is 9. The molecule has 1 saturated carbocycles. The maximum Gasteiger partial charge on any atom is 0.364 e. The summed E-state index contributed by atoms with van der Waals surface area (Å²) in [6, 6.07) is 16.7. The second-order valence-corrected chi connectivity index (χ2v) is 14.9. The summed E-state index contributed by atoms with van der Waals surface area (Å²) < 4.78 is 21.2. The van der Waals surface area contributed by atoms with Crippen LogP contribution in [0.15, 0.2) is 90.0 Å². The molecule has 3 aromatic carbocycles. The number of benzene rings is 3. The van der Waals surface area contributed by atoms with Crippen molar-refractivity contribution in [2.45, 2.75) is 63.1 Å². The van der Waals surface area contributed by atoms with Crippen LogP contribution in [0, 0.1) is 0 Å². The first-order chi connectivity index (χ1) is 27.9. The Balaban J connectivity index is 0.000000259. The Hall–Kier alpha value is -6.25. The molecule has 1 aliphatic rings. The third-order valence-electron chi connectivity index (χ3n) is 11.0. The van der Waals surface area contributed by atoms with E-state index in [2.05, 4.69) is 20.4 Å². The van der Waals surface area contributed by atoms with Gasteiger partial charge in [0, 0.05) is 72.7 Å². The summed E-state index contributed by atoms with van der Waals surface area (Å²) >= 11 is 0. The van der Waals surface area contributed by atoms with Crippen molar-refractivity contribution < 1.29 is 56.6 Å². The Bertz CT molecular complexity index is 2600. The highest BCUT2D eigenvalue weighted by Gasteiger charge is 2.27. The molecule has 1 amide bonds. The summed E-state index contributed by atoms with van der Waals surface area (Å²) in [6.07, 6.45) is 13.7. The molecule has 2 atom stereocenters. The van der Waals surface area contributed by atoms with Gasteiger partial charge >= 0.3 is 11.9 Å². The number of hydrogen-bond donors (Lipinski definition) is 4. The van der Waals surface area contributed by atoms with Gasteiger partial charge in [-0.15, -0.1) is 0 Å². The third kappa shape index (κ3) is 8.93. The average Bonchev–Trinajstić information content (AvgIpc) is 4.02. The number of methoxy groups -OCH3 is 2. The summed E-state index contributed by atoms with van der Waals surface area (Å²) in [4.78, 5) is 42.5. The molecule has 7 aromatic rings. The molecule has 14 nitrogen and oxygen atoms in total. The zero-order valence-corrected chi connectivity index (χ0v) is 34.2. The molecule has 310 valence electrons. The van der Waals surface area contributed by atoms with Crippen molar-refractivity contribution in [1.29, 1.82) is 0 Å². The number of halogens is 1. The minimum absolute atomic E-state index is 0. The van der Waals surface area contributed by atoms with Crippen LogP contribution < -0.4 is 23.5 Å². The molecule has 4 aromatic heterocycles. The number of esters is 2. The molecule has 15 heteroatoms. The lowest BCUT2D eigenvalue weighted by atomic mass is 9.95. The number of aromatic nitrogens is 4. The van der Waals surface area contributed by atoms with E-state index in [1.54, 1.807) is 48.9 Å². The molecule has 4 heterocycles. The van der Waals surface area contributed by atoms with Gasteiger partial charge in [0.2, 0.25) is 0 Å². The number of fused-ring (bicyclic) bond motifs is 3. The largest absolute Gasteiger partial charge is 1.00 e. The van der Waals surface area contributed by atoms with Crippen LogP contribution in [0.1, 0.15) is 59.6 Å². The minimum atomic E-state index is -0.914. The number of imidazole rings is 1. The van der Waals surface area contributed by atoms with Crippen molar-refractivity contribution in [3.8, 4) is 22.9 Å². The number of nitrogens with zero attached hydrogens (tertiary/aromatic N) is 4. The maximum atomic E-state index is 13.4. The topological polar surface area (TPSA) is 191 Å². The van der Waals surface area contributed by atoms with E-state index in [0.29, 0.717) is 23.5 Å². The number of aromatic hydroxyl groups is 2. The summed E-state index contributed by atoms with van der Waals surface area (Å²) in [6.45, 7) is 0. The van der Waals surface area contributed by atoms with Gasteiger partial charge in [0.05, 0.1) is 37.1 Å². The number of aryl methyl sites for hydroxylation is 2. The number of phenolic OH excluding ortho intramolecular Hbond substituents is 2. The molecule has 1 aliphatic carbocycles. The molecule has 0 bridgehead atoms. The summed E-state index contributed by atoms with van der Waals surface area (Å²) in [5, 5.41) is 24.2. The molecular formula is C44H49ClN6O8. The Labute approximate surface area is 346 Å². The van der Waals surface area contributed by atoms with Crippen LogP contribution >= 0.6 is 0 Å². The van der Waals surface area contributed by atoms with Crippen LogP contribution in [0.5, 0.6) is 11.5 Å². The number of rotatable bonds is 10. The lowest BCUT2D eigenvalue weighted by molar-refractivity contribution is -0.407. The quantitative estimate of drug-likeness (QED) is 0.150. The van der Waals surface area contributed by atoms with Gasteiger partial charge in [0.1, 0.15) is 29.6 Å². The van der Waals surface area contributed by atoms with E-state index in [0.717, 1.165) is 62.7 Å². The van der Waals surface area contributed by atoms with Crippen molar-refractivity contribution in [3.63, 3.8) is 0 Å². The van der Waals surface area contributed by atoms with Gasteiger partial charge in [-0.25, -0.2) is 14.6 Å². The monoisotopic (exact) mass is 824 g/mol. The normalized spacial score (nSPS) is 14.0. The summed E-state index contributed by atoms with van der Waals surface area (Å²) in [5.41, 5.74) is 10.5. The number of furan rings is 1. The van der Waals surface area contributed by atoms with Gasteiger partial charge in [0.25, 0.3) is 5.91 Å². The Kier molecular flexibility index (Phi) is 13.0. The van der Waals surface area contributed by atoms with Crippen LogP contribution in [0.2, 0.25) is 0 Å². The molecule has 0 aliphatic heterocycles. The first kappa shape index (κ1) is 42.4. The fourth-order valence-corrected chi connectivity index (χ4v) is 8.11. The number of carbonyl (C=O) groups is 3. The second kappa shape index (κ2) is 18.1.